The van der Waals surface area contributed by atoms with E-state index in [1.807, 2.05) is 37.3 Å². The van der Waals surface area contributed by atoms with Gasteiger partial charge in [-0.1, -0.05) is 43.7 Å². The van der Waals surface area contributed by atoms with Crippen molar-refractivity contribution >= 4 is 11.8 Å². The second kappa shape index (κ2) is 13.6. The molecule has 2 aromatic carbocycles. The maximum atomic E-state index is 13.6. The van der Waals surface area contributed by atoms with E-state index in [-0.39, 0.29) is 37.3 Å². The molecule has 0 bridgehead atoms. The van der Waals surface area contributed by atoms with Crippen molar-refractivity contribution in [1.29, 1.82) is 0 Å². The molecule has 180 valence electrons. The van der Waals surface area contributed by atoms with Gasteiger partial charge in [0.15, 0.2) is 0 Å². The summed E-state index contributed by atoms with van der Waals surface area (Å²) in [5.41, 5.74) is 1.27. The van der Waals surface area contributed by atoms with E-state index in [1.165, 1.54) is 19.1 Å². The average Bonchev–Trinajstić information content (AvgIpc) is 2.73. The summed E-state index contributed by atoms with van der Waals surface area (Å²) in [4.78, 5) is 24.0. The van der Waals surface area contributed by atoms with Crippen LogP contribution in [0.1, 0.15) is 44.2 Å². The lowest BCUT2D eigenvalue weighted by Crippen LogP contribution is -2.48. The quantitative estimate of drug-likeness (QED) is 0.426. The van der Waals surface area contributed by atoms with Crippen molar-refractivity contribution in [3.63, 3.8) is 0 Å². The highest BCUT2D eigenvalue weighted by atomic mass is 19.1. The molecule has 0 radical (unpaired) electrons. The summed E-state index contributed by atoms with van der Waals surface area (Å²) in [6.45, 7) is 3.45. The van der Waals surface area contributed by atoms with Crippen molar-refractivity contribution in [2.75, 3.05) is 6.61 Å². The molecule has 0 saturated carbocycles. The van der Waals surface area contributed by atoms with Crippen LogP contribution in [-0.4, -0.2) is 41.7 Å². The molecule has 0 heterocycles. The van der Waals surface area contributed by atoms with Gasteiger partial charge in [-0.15, -0.1) is 0 Å². The molecule has 2 amide bonds. The molecule has 0 saturated heterocycles. The first kappa shape index (κ1) is 26.4. The van der Waals surface area contributed by atoms with Gasteiger partial charge in [0, 0.05) is 19.0 Å². The zero-order valence-corrected chi connectivity index (χ0v) is 19.0. The van der Waals surface area contributed by atoms with Gasteiger partial charge < -0.3 is 20.5 Å². The number of amides is 2. The first-order valence-corrected chi connectivity index (χ1v) is 11.1. The Balaban J connectivity index is 1.95. The van der Waals surface area contributed by atoms with Gasteiger partial charge in [0.2, 0.25) is 11.8 Å². The second-order valence-electron chi connectivity index (χ2n) is 8.12. The summed E-state index contributed by atoms with van der Waals surface area (Å²) in [6.07, 6.45) is 0.552. The highest BCUT2D eigenvalue weighted by molar-refractivity contribution is 5.77. The number of hydrogen-bond acceptors (Lipinski definition) is 4. The Kier molecular flexibility index (Phi) is 10.9. The van der Waals surface area contributed by atoms with Gasteiger partial charge in [0.05, 0.1) is 18.8 Å². The van der Waals surface area contributed by atoms with Crippen LogP contribution in [0.2, 0.25) is 0 Å². The van der Waals surface area contributed by atoms with E-state index in [4.69, 9.17) is 4.74 Å². The molecule has 0 aliphatic rings. The summed E-state index contributed by atoms with van der Waals surface area (Å²) in [6, 6.07) is 11.5. The molecule has 0 fully saturated rings. The van der Waals surface area contributed by atoms with Gasteiger partial charge >= 0.3 is 0 Å². The fourth-order valence-corrected chi connectivity index (χ4v) is 3.69. The fourth-order valence-electron chi connectivity index (χ4n) is 3.69. The molecule has 0 aliphatic heterocycles. The lowest BCUT2D eigenvalue weighted by Gasteiger charge is -2.28. The van der Waals surface area contributed by atoms with Crippen LogP contribution in [0.5, 0.6) is 0 Å². The Morgan fingerprint density at radius 1 is 1.03 bits per heavy atom. The molecular formula is C25H32F2N2O4. The van der Waals surface area contributed by atoms with E-state index in [0.29, 0.717) is 18.6 Å². The summed E-state index contributed by atoms with van der Waals surface area (Å²) >= 11 is 0. The molecule has 0 aromatic heterocycles. The number of carbonyl (C=O) groups is 2. The van der Waals surface area contributed by atoms with Crippen molar-refractivity contribution in [3.05, 3.63) is 71.3 Å². The lowest BCUT2D eigenvalue weighted by atomic mass is 9.94. The third kappa shape index (κ3) is 10.1. The number of rotatable bonds is 13. The van der Waals surface area contributed by atoms with Gasteiger partial charge in [0.25, 0.3) is 0 Å². The Hall–Kier alpha value is -2.84. The Morgan fingerprint density at radius 3 is 2.30 bits per heavy atom. The summed E-state index contributed by atoms with van der Waals surface area (Å²) in [5, 5.41) is 16.3. The van der Waals surface area contributed by atoms with Crippen LogP contribution in [0, 0.1) is 11.6 Å². The van der Waals surface area contributed by atoms with Gasteiger partial charge in [0.1, 0.15) is 18.2 Å². The largest absolute Gasteiger partial charge is 0.391 e. The first-order valence-electron chi connectivity index (χ1n) is 11.1. The molecule has 3 unspecified atom stereocenters. The number of hydrogen-bond donors (Lipinski definition) is 3. The fraction of sp³-hybridized carbons (Fsp3) is 0.440. The molecule has 6 nitrogen and oxygen atoms in total. The molecule has 3 N–H and O–H groups in total. The third-order valence-corrected chi connectivity index (χ3v) is 5.10. The highest BCUT2D eigenvalue weighted by Crippen LogP contribution is 2.15. The molecule has 8 heteroatoms. The topological polar surface area (TPSA) is 87.7 Å². The van der Waals surface area contributed by atoms with E-state index >= 15 is 0 Å². The molecular weight excluding hydrogens is 430 g/mol. The minimum Gasteiger partial charge on any atom is -0.391 e. The monoisotopic (exact) mass is 462 g/mol. The van der Waals surface area contributed by atoms with Crippen LogP contribution < -0.4 is 10.6 Å². The first-order chi connectivity index (χ1) is 15.8. The summed E-state index contributed by atoms with van der Waals surface area (Å²) in [5.74, 6) is -2.14. The predicted molar refractivity (Wildman–Crippen MR) is 121 cm³/mol. The highest BCUT2D eigenvalue weighted by Gasteiger charge is 2.25. The van der Waals surface area contributed by atoms with Crippen molar-refractivity contribution in [2.45, 2.75) is 64.3 Å². The zero-order valence-electron chi connectivity index (χ0n) is 19.0. The number of ether oxygens (including phenoxy) is 1. The van der Waals surface area contributed by atoms with E-state index in [0.717, 1.165) is 18.1 Å². The number of benzene rings is 2. The van der Waals surface area contributed by atoms with Crippen LogP contribution in [0.25, 0.3) is 0 Å². The second-order valence-corrected chi connectivity index (χ2v) is 8.12. The van der Waals surface area contributed by atoms with E-state index in [1.54, 1.807) is 0 Å². The normalized spacial score (nSPS) is 13.7. The number of nitrogens with one attached hydrogen (secondary N) is 2. The molecule has 0 aliphatic carbocycles. The molecule has 2 rings (SSSR count). The SMILES string of the molecule is CCCC(CC(O)C(Cc1cc(F)cc(F)c1)NC(C)=O)NC(=O)COCc1ccccc1. The van der Waals surface area contributed by atoms with Crippen LogP contribution in [0.4, 0.5) is 8.78 Å². The van der Waals surface area contributed by atoms with Crippen molar-refractivity contribution < 1.29 is 28.2 Å². The summed E-state index contributed by atoms with van der Waals surface area (Å²) in [7, 11) is 0. The van der Waals surface area contributed by atoms with Crippen molar-refractivity contribution in [1.82, 2.24) is 10.6 Å². The zero-order chi connectivity index (χ0) is 24.2. The van der Waals surface area contributed by atoms with Crippen LogP contribution in [-0.2, 0) is 27.4 Å². The predicted octanol–water partition coefficient (Wildman–Crippen LogP) is 3.26. The standard InChI is InChI=1S/C25H32F2N2O4/c1-3-7-22(29-25(32)16-33-15-18-8-5-4-6-9-18)14-24(31)23(28-17(2)30)12-19-10-20(26)13-21(27)11-19/h4-6,8-11,13,22-24,31H,3,7,12,14-16H2,1-2H3,(H,28,30)(H,29,32). The molecule has 33 heavy (non-hydrogen) atoms. The minimum absolute atomic E-state index is 0.0441. The number of halogens is 2. The number of carbonyl (C=O) groups excluding carboxylic acids is 2. The maximum Gasteiger partial charge on any atom is 0.246 e. The Bertz CT molecular complexity index is 875. The number of aliphatic hydroxyl groups is 1. The Morgan fingerprint density at radius 2 is 1.70 bits per heavy atom. The maximum absolute atomic E-state index is 13.6. The molecule has 2 aromatic rings. The van der Waals surface area contributed by atoms with E-state index in [2.05, 4.69) is 10.6 Å². The summed E-state index contributed by atoms with van der Waals surface area (Å²) < 4.78 is 32.6. The average molecular weight is 463 g/mol. The third-order valence-electron chi connectivity index (χ3n) is 5.10. The smallest absolute Gasteiger partial charge is 0.246 e. The van der Waals surface area contributed by atoms with Crippen LogP contribution in [0.15, 0.2) is 48.5 Å². The molecule has 0 spiro atoms. The van der Waals surface area contributed by atoms with Gasteiger partial charge in [-0.3, -0.25) is 9.59 Å². The number of aliphatic hydroxyl groups excluding tert-OH is 1. The van der Waals surface area contributed by atoms with Crippen molar-refractivity contribution in [3.8, 4) is 0 Å². The van der Waals surface area contributed by atoms with Gasteiger partial charge in [-0.25, -0.2) is 8.78 Å². The van der Waals surface area contributed by atoms with Crippen LogP contribution in [0.3, 0.4) is 0 Å². The minimum atomic E-state index is -1.04. The van der Waals surface area contributed by atoms with E-state index in [9.17, 15) is 23.5 Å². The molecule has 3 atom stereocenters. The lowest BCUT2D eigenvalue weighted by molar-refractivity contribution is -0.127. The van der Waals surface area contributed by atoms with Gasteiger partial charge in [-0.05, 0) is 42.5 Å². The van der Waals surface area contributed by atoms with Crippen LogP contribution >= 0.6 is 0 Å². The van der Waals surface area contributed by atoms with Crippen molar-refractivity contribution in [2.24, 2.45) is 0 Å². The van der Waals surface area contributed by atoms with Gasteiger partial charge in [-0.2, -0.15) is 0 Å². The Labute approximate surface area is 193 Å². The van der Waals surface area contributed by atoms with E-state index < -0.39 is 23.8 Å².